The number of thiazole rings is 1. The van der Waals surface area contributed by atoms with E-state index >= 15 is 0 Å². The maximum Gasteiger partial charge on any atom is 0.0998 e. The third-order valence-corrected chi connectivity index (χ3v) is 3.94. The summed E-state index contributed by atoms with van der Waals surface area (Å²) >= 11 is 6.55. The molecule has 3 rings (SSSR count). The van der Waals surface area contributed by atoms with E-state index in [1.165, 1.54) is 16.1 Å². The predicted octanol–water partition coefficient (Wildman–Crippen LogP) is 5.00. The molecule has 0 amide bonds. The van der Waals surface area contributed by atoms with Gasteiger partial charge in [-0.05, 0) is 18.6 Å². The van der Waals surface area contributed by atoms with E-state index in [2.05, 4.69) is 35.7 Å². The summed E-state index contributed by atoms with van der Waals surface area (Å²) in [5.74, 6) is 0. The fraction of sp³-hybridized carbons (Fsp3) is 0.312. The molecule has 0 aliphatic heterocycles. The van der Waals surface area contributed by atoms with Crippen molar-refractivity contribution in [3.05, 3.63) is 46.4 Å². The van der Waals surface area contributed by atoms with Gasteiger partial charge in [0.05, 0.1) is 31.6 Å². The molecule has 0 aromatic carbocycles. The van der Waals surface area contributed by atoms with Crippen molar-refractivity contribution in [1.29, 1.82) is 0 Å². The Hall–Kier alpha value is -1.79. The van der Waals surface area contributed by atoms with Crippen LogP contribution in [-0.4, -0.2) is 15.0 Å². The van der Waals surface area contributed by atoms with Gasteiger partial charge in [-0.15, -0.1) is 11.3 Å². The quantitative estimate of drug-likeness (QED) is 0.615. The van der Waals surface area contributed by atoms with Gasteiger partial charge in [0.1, 0.15) is 0 Å². The van der Waals surface area contributed by atoms with Crippen LogP contribution < -0.4 is 5.73 Å². The third kappa shape index (κ3) is 5.91. The number of aryl methyl sites for hydroxylation is 1. The molecule has 3 N–H and O–H groups in total. The number of nitrogens with two attached hydrogens (primary N) is 1. The van der Waals surface area contributed by atoms with Crippen molar-refractivity contribution in [3.8, 4) is 0 Å². The highest BCUT2D eigenvalue weighted by molar-refractivity contribution is 7.71. The van der Waals surface area contributed by atoms with E-state index < -0.39 is 0 Å². The lowest BCUT2D eigenvalue weighted by Crippen LogP contribution is -1.84. The molecule has 0 unspecified atom stereocenters. The van der Waals surface area contributed by atoms with E-state index in [0.29, 0.717) is 10.2 Å². The molecule has 0 aliphatic rings. The summed E-state index contributed by atoms with van der Waals surface area (Å²) in [6.07, 6.45) is 9.30. The fourth-order valence-corrected chi connectivity index (χ4v) is 2.41. The van der Waals surface area contributed by atoms with E-state index in [0.717, 1.165) is 11.9 Å². The normalized spacial score (nSPS) is 9.41. The summed E-state index contributed by atoms with van der Waals surface area (Å²) in [5, 5.41) is 1.19. The van der Waals surface area contributed by atoms with E-state index in [-0.39, 0.29) is 0 Å². The molecular formula is C16H22N4S2. The lowest BCUT2D eigenvalue weighted by molar-refractivity contribution is 1.09. The minimum Gasteiger partial charge on any atom is -0.396 e. The summed E-state index contributed by atoms with van der Waals surface area (Å²) in [4.78, 5) is 11.2. The lowest BCUT2D eigenvalue weighted by atomic mass is 10.4. The van der Waals surface area contributed by atoms with Gasteiger partial charge < -0.3 is 10.7 Å². The largest absolute Gasteiger partial charge is 0.396 e. The molecule has 0 saturated heterocycles. The van der Waals surface area contributed by atoms with Gasteiger partial charge in [0.25, 0.3) is 0 Å². The summed E-state index contributed by atoms with van der Waals surface area (Å²) in [6.45, 7) is 6.37. The molecule has 3 heterocycles. The molecule has 3 aromatic rings. The second-order valence-corrected chi connectivity index (χ2v) is 6.03. The Kier molecular flexibility index (Phi) is 8.32. The van der Waals surface area contributed by atoms with Crippen molar-refractivity contribution in [1.82, 2.24) is 15.0 Å². The minimum absolute atomic E-state index is 0.627. The van der Waals surface area contributed by atoms with E-state index in [4.69, 9.17) is 18.0 Å². The molecule has 0 bridgehead atoms. The van der Waals surface area contributed by atoms with Crippen molar-refractivity contribution in [3.63, 3.8) is 0 Å². The maximum absolute atomic E-state index is 5.38. The molecule has 0 saturated carbocycles. The zero-order chi connectivity index (χ0) is 16.4. The Bertz CT molecular complexity index is 701. The standard InChI is InChI=1S/C8H8N2S.C5H6N2S.C3H8/c1-2-8-10-6-5-9-4-3-7(6)11-8;6-4-3-7-2-1-5(4)8;1-3-2/h3-5H,2H2,1H3;1-3H,6H2,(H,7,8);3H2,1-2H3. The summed E-state index contributed by atoms with van der Waals surface area (Å²) < 4.78 is 1.93. The topological polar surface area (TPSA) is 67.6 Å². The Labute approximate surface area is 140 Å². The Morgan fingerprint density at radius 2 is 2.00 bits per heavy atom. The number of hydrogen-bond donors (Lipinski definition) is 2. The number of aromatic nitrogens is 3. The maximum atomic E-state index is 5.38. The van der Waals surface area contributed by atoms with Gasteiger partial charge in [-0.1, -0.05) is 39.4 Å². The number of H-pyrrole nitrogens is 1. The zero-order valence-electron chi connectivity index (χ0n) is 13.2. The number of aromatic amines is 1. The monoisotopic (exact) mass is 334 g/mol. The Morgan fingerprint density at radius 3 is 2.50 bits per heavy atom. The SMILES string of the molecule is CCC.CCc1nc2cnccc2s1.Nc1c[nH]ccc1=S. The molecule has 118 valence electrons. The van der Waals surface area contributed by atoms with Crippen LogP contribution >= 0.6 is 23.6 Å². The van der Waals surface area contributed by atoms with Crippen molar-refractivity contribution < 1.29 is 0 Å². The summed E-state index contributed by atoms with van der Waals surface area (Å²) in [6, 6.07) is 3.76. The molecule has 3 aromatic heterocycles. The van der Waals surface area contributed by atoms with Crippen molar-refractivity contribution in [2.75, 3.05) is 5.73 Å². The van der Waals surface area contributed by atoms with Gasteiger partial charge in [0, 0.05) is 18.6 Å². The van der Waals surface area contributed by atoms with Gasteiger partial charge >= 0.3 is 0 Å². The summed E-state index contributed by atoms with van der Waals surface area (Å²) in [7, 11) is 0. The van der Waals surface area contributed by atoms with Crippen LogP contribution in [-0.2, 0) is 6.42 Å². The number of hydrogen-bond acceptors (Lipinski definition) is 5. The first kappa shape index (κ1) is 18.3. The van der Waals surface area contributed by atoms with Crippen molar-refractivity contribution >= 4 is 39.5 Å². The van der Waals surface area contributed by atoms with Crippen LogP contribution in [0.1, 0.15) is 32.2 Å². The lowest BCUT2D eigenvalue weighted by Gasteiger charge is -1.87. The van der Waals surface area contributed by atoms with E-state index in [1.807, 2.05) is 12.3 Å². The fourth-order valence-electron chi connectivity index (χ4n) is 1.41. The molecule has 0 atom stereocenters. The molecule has 22 heavy (non-hydrogen) atoms. The number of nitrogens with zero attached hydrogens (tertiary/aromatic N) is 2. The smallest absolute Gasteiger partial charge is 0.0998 e. The van der Waals surface area contributed by atoms with Gasteiger partial charge in [0.15, 0.2) is 0 Å². The summed E-state index contributed by atoms with van der Waals surface area (Å²) in [5.41, 5.74) is 7.03. The van der Waals surface area contributed by atoms with Gasteiger partial charge in [-0.3, -0.25) is 4.98 Å². The molecule has 6 heteroatoms. The van der Waals surface area contributed by atoms with Crippen molar-refractivity contribution in [2.24, 2.45) is 0 Å². The van der Waals surface area contributed by atoms with E-state index in [1.54, 1.807) is 36.0 Å². The highest BCUT2D eigenvalue weighted by Gasteiger charge is 1.99. The molecular weight excluding hydrogens is 312 g/mol. The molecule has 0 aliphatic carbocycles. The first-order chi connectivity index (χ1) is 10.6. The molecule has 0 radical (unpaired) electrons. The van der Waals surface area contributed by atoms with E-state index in [9.17, 15) is 0 Å². The van der Waals surface area contributed by atoms with Crippen LogP contribution in [0.3, 0.4) is 0 Å². The Morgan fingerprint density at radius 1 is 1.27 bits per heavy atom. The van der Waals surface area contributed by atoms with Crippen LogP contribution in [0.2, 0.25) is 0 Å². The number of rotatable bonds is 1. The number of pyridine rings is 2. The van der Waals surface area contributed by atoms with Crippen molar-refractivity contribution in [2.45, 2.75) is 33.6 Å². The predicted molar refractivity (Wildman–Crippen MR) is 98.8 cm³/mol. The molecule has 0 fully saturated rings. The highest BCUT2D eigenvalue weighted by atomic mass is 32.1. The number of nitrogen functional groups attached to an aromatic ring is 1. The first-order valence-corrected chi connectivity index (χ1v) is 8.46. The van der Waals surface area contributed by atoms with Gasteiger partial charge in [0.2, 0.25) is 0 Å². The van der Waals surface area contributed by atoms with Crippen LogP contribution in [0, 0.1) is 4.51 Å². The minimum atomic E-state index is 0.627. The average molecular weight is 335 g/mol. The van der Waals surface area contributed by atoms with Crippen LogP contribution in [0.4, 0.5) is 5.69 Å². The Balaban J connectivity index is 0.000000194. The molecule has 0 spiro atoms. The molecule has 4 nitrogen and oxygen atoms in total. The number of fused-ring (bicyclic) bond motifs is 1. The zero-order valence-corrected chi connectivity index (χ0v) is 14.8. The van der Waals surface area contributed by atoms with Gasteiger partial charge in [-0.25, -0.2) is 4.98 Å². The highest BCUT2D eigenvalue weighted by Crippen LogP contribution is 2.20. The average Bonchev–Trinajstić information content (AvgIpc) is 2.95. The second kappa shape index (κ2) is 10.0. The van der Waals surface area contributed by atoms with Gasteiger partial charge in [-0.2, -0.15) is 0 Å². The van der Waals surface area contributed by atoms with Crippen LogP contribution in [0.15, 0.2) is 36.9 Å². The number of nitrogens with one attached hydrogen (secondary N) is 1. The van der Waals surface area contributed by atoms with Crippen LogP contribution in [0.25, 0.3) is 10.2 Å². The third-order valence-electron chi connectivity index (χ3n) is 2.39. The second-order valence-electron chi connectivity index (χ2n) is 4.48. The van der Waals surface area contributed by atoms with Crippen LogP contribution in [0.5, 0.6) is 0 Å². The first-order valence-electron chi connectivity index (χ1n) is 7.24. The number of anilines is 1.